The zero-order valence-electron chi connectivity index (χ0n) is 12.2. The number of hydrogen-bond donors (Lipinski definition) is 1. The monoisotopic (exact) mass is 262 g/mol. The van der Waals surface area contributed by atoms with E-state index in [4.69, 9.17) is 0 Å². The first-order chi connectivity index (χ1) is 9.28. The molecule has 0 aliphatic carbocycles. The number of rotatable bonds is 4. The average molecular weight is 262 g/mol. The molecule has 1 aromatic heterocycles. The molecule has 4 nitrogen and oxygen atoms in total. The lowest BCUT2D eigenvalue weighted by molar-refractivity contribution is 0.246. The van der Waals surface area contributed by atoms with E-state index in [2.05, 4.69) is 28.4 Å². The normalized spacial score (nSPS) is 30.6. The summed E-state index contributed by atoms with van der Waals surface area (Å²) in [6.07, 6.45) is 12.1. The predicted molar refractivity (Wildman–Crippen MR) is 78.4 cm³/mol. The fourth-order valence-corrected chi connectivity index (χ4v) is 3.86. The lowest BCUT2D eigenvalue weighted by atomic mass is 9.81. The number of aryl methyl sites for hydroxylation is 1. The summed E-state index contributed by atoms with van der Waals surface area (Å²) in [4.78, 5) is 2.65. The van der Waals surface area contributed by atoms with E-state index in [-0.39, 0.29) is 0 Å². The van der Waals surface area contributed by atoms with Gasteiger partial charge in [0, 0.05) is 31.4 Å². The molecule has 3 rings (SSSR count). The van der Waals surface area contributed by atoms with Crippen molar-refractivity contribution in [2.24, 2.45) is 7.05 Å². The summed E-state index contributed by atoms with van der Waals surface area (Å²) in [5.41, 5.74) is 1.33. The highest BCUT2D eigenvalue weighted by Gasteiger charge is 2.38. The van der Waals surface area contributed by atoms with Gasteiger partial charge >= 0.3 is 0 Å². The van der Waals surface area contributed by atoms with Gasteiger partial charge in [-0.05, 0) is 45.1 Å². The lowest BCUT2D eigenvalue weighted by Crippen LogP contribution is -2.56. The van der Waals surface area contributed by atoms with Gasteiger partial charge in [-0.3, -0.25) is 4.68 Å². The van der Waals surface area contributed by atoms with Gasteiger partial charge < -0.3 is 10.2 Å². The average Bonchev–Trinajstić information content (AvgIpc) is 2.81. The van der Waals surface area contributed by atoms with Gasteiger partial charge in [-0.25, -0.2) is 0 Å². The van der Waals surface area contributed by atoms with Crippen LogP contribution in [0.5, 0.6) is 0 Å². The maximum Gasteiger partial charge on any atom is 0.0757 e. The maximum absolute atomic E-state index is 4.35. The standard InChI is InChI=1S/C15H26N4/c1-3-7-16-12-8-13-5-4-6-14(9-12)19(13)15-10-17-18(2)11-15/h10-14,16H,3-9H2,1-2H3. The van der Waals surface area contributed by atoms with Crippen LogP contribution >= 0.6 is 0 Å². The molecule has 2 saturated heterocycles. The van der Waals surface area contributed by atoms with Gasteiger partial charge in [0.05, 0.1) is 11.9 Å². The van der Waals surface area contributed by atoms with E-state index in [1.807, 2.05) is 17.9 Å². The fourth-order valence-electron chi connectivity index (χ4n) is 3.86. The third kappa shape index (κ3) is 2.64. The molecule has 1 aromatic rings. The van der Waals surface area contributed by atoms with Crippen molar-refractivity contribution in [2.45, 2.75) is 63.6 Å². The SMILES string of the molecule is CCCNC1CC2CCCC(C1)N2c1cnn(C)c1. The Kier molecular flexibility index (Phi) is 3.78. The van der Waals surface area contributed by atoms with Crippen molar-refractivity contribution in [2.75, 3.05) is 11.4 Å². The first-order valence-corrected chi connectivity index (χ1v) is 7.78. The summed E-state index contributed by atoms with van der Waals surface area (Å²) >= 11 is 0. The van der Waals surface area contributed by atoms with Crippen LogP contribution in [0.1, 0.15) is 45.4 Å². The van der Waals surface area contributed by atoms with E-state index in [1.165, 1.54) is 44.2 Å². The summed E-state index contributed by atoms with van der Waals surface area (Å²) in [5, 5.41) is 8.08. The molecule has 0 amide bonds. The molecule has 0 aromatic carbocycles. The van der Waals surface area contributed by atoms with E-state index in [1.54, 1.807) is 0 Å². The molecule has 2 aliphatic heterocycles. The maximum atomic E-state index is 4.35. The third-order valence-corrected chi connectivity index (χ3v) is 4.65. The molecule has 0 radical (unpaired) electrons. The van der Waals surface area contributed by atoms with E-state index in [9.17, 15) is 0 Å². The van der Waals surface area contributed by atoms with Crippen molar-refractivity contribution in [1.29, 1.82) is 0 Å². The van der Waals surface area contributed by atoms with Crippen molar-refractivity contribution < 1.29 is 0 Å². The highest BCUT2D eigenvalue weighted by Crippen LogP contribution is 2.37. The second-order valence-electron chi connectivity index (χ2n) is 6.14. The van der Waals surface area contributed by atoms with Gasteiger partial charge in [0.15, 0.2) is 0 Å². The Labute approximate surface area is 116 Å². The number of anilines is 1. The molecule has 19 heavy (non-hydrogen) atoms. The summed E-state index contributed by atoms with van der Waals surface area (Å²) < 4.78 is 1.92. The van der Waals surface area contributed by atoms with Gasteiger partial charge in [-0.1, -0.05) is 6.92 Å². The third-order valence-electron chi connectivity index (χ3n) is 4.65. The number of piperidine rings is 2. The van der Waals surface area contributed by atoms with Crippen LogP contribution in [-0.4, -0.2) is 34.5 Å². The molecular formula is C15H26N4. The summed E-state index contributed by atoms with van der Waals surface area (Å²) in [6.45, 7) is 3.41. The van der Waals surface area contributed by atoms with Gasteiger partial charge in [0.1, 0.15) is 0 Å². The van der Waals surface area contributed by atoms with Crippen molar-refractivity contribution in [3.8, 4) is 0 Å². The van der Waals surface area contributed by atoms with Crippen molar-refractivity contribution >= 4 is 5.69 Å². The van der Waals surface area contributed by atoms with Crippen molar-refractivity contribution in [1.82, 2.24) is 15.1 Å². The summed E-state index contributed by atoms with van der Waals surface area (Å²) in [7, 11) is 2.01. The molecule has 2 bridgehead atoms. The summed E-state index contributed by atoms with van der Waals surface area (Å²) in [6, 6.07) is 2.15. The minimum atomic E-state index is 0.714. The van der Waals surface area contributed by atoms with E-state index in [0.717, 1.165) is 12.6 Å². The topological polar surface area (TPSA) is 33.1 Å². The Morgan fingerprint density at radius 2 is 2.05 bits per heavy atom. The highest BCUT2D eigenvalue weighted by atomic mass is 15.3. The number of aromatic nitrogens is 2. The second kappa shape index (κ2) is 5.53. The Morgan fingerprint density at radius 1 is 1.32 bits per heavy atom. The molecule has 1 N–H and O–H groups in total. The zero-order chi connectivity index (χ0) is 13.2. The molecule has 3 heterocycles. The highest BCUT2D eigenvalue weighted by molar-refractivity contribution is 5.46. The smallest absolute Gasteiger partial charge is 0.0757 e. The number of hydrogen-bond acceptors (Lipinski definition) is 3. The van der Waals surface area contributed by atoms with Crippen LogP contribution in [0.3, 0.4) is 0 Å². The minimum Gasteiger partial charge on any atom is -0.363 e. The molecule has 0 saturated carbocycles. The molecule has 2 aliphatic rings. The first-order valence-electron chi connectivity index (χ1n) is 7.78. The van der Waals surface area contributed by atoms with E-state index < -0.39 is 0 Å². The molecule has 2 unspecified atom stereocenters. The Hall–Kier alpha value is -1.03. The summed E-state index contributed by atoms with van der Waals surface area (Å²) in [5.74, 6) is 0. The lowest BCUT2D eigenvalue weighted by Gasteiger charge is -2.50. The molecule has 106 valence electrons. The van der Waals surface area contributed by atoms with Crippen LogP contribution in [0.2, 0.25) is 0 Å². The first kappa shape index (κ1) is 13.0. The molecule has 0 spiro atoms. The van der Waals surface area contributed by atoms with Crippen molar-refractivity contribution in [3.05, 3.63) is 12.4 Å². The van der Waals surface area contributed by atoms with Gasteiger partial charge in [0.2, 0.25) is 0 Å². The number of nitrogens with zero attached hydrogens (tertiary/aromatic N) is 3. The largest absolute Gasteiger partial charge is 0.363 e. The zero-order valence-corrected chi connectivity index (χ0v) is 12.2. The van der Waals surface area contributed by atoms with Crippen LogP contribution in [0, 0.1) is 0 Å². The van der Waals surface area contributed by atoms with E-state index >= 15 is 0 Å². The minimum absolute atomic E-state index is 0.714. The number of nitrogens with one attached hydrogen (secondary N) is 1. The van der Waals surface area contributed by atoms with Crippen LogP contribution in [0.15, 0.2) is 12.4 Å². The van der Waals surface area contributed by atoms with Crippen LogP contribution in [0.4, 0.5) is 5.69 Å². The Bertz CT molecular complexity index is 400. The van der Waals surface area contributed by atoms with E-state index in [0.29, 0.717) is 12.1 Å². The fraction of sp³-hybridized carbons (Fsp3) is 0.800. The van der Waals surface area contributed by atoms with Gasteiger partial charge in [0.25, 0.3) is 0 Å². The van der Waals surface area contributed by atoms with Crippen LogP contribution in [-0.2, 0) is 7.05 Å². The molecule has 2 fully saturated rings. The Balaban J connectivity index is 1.73. The molecular weight excluding hydrogens is 236 g/mol. The second-order valence-corrected chi connectivity index (χ2v) is 6.14. The Morgan fingerprint density at radius 3 is 2.63 bits per heavy atom. The van der Waals surface area contributed by atoms with Crippen molar-refractivity contribution in [3.63, 3.8) is 0 Å². The predicted octanol–water partition coefficient (Wildman–Crippen LogP) is 2.31. The molecule has 2 atom stereocenters. The van der Waals surface area contributed by atoms with Gasteiger partial charge in [-0.2, -0.15) is 5.10 Å². The number of fused-ring (bicyclic) bond motifs is 2. The molecule has 4 heteroatoms. The van der Waals surface area contributed by atoms with Gasteiger partial charge in [-0.15, -0.1) is 0 Å². The van der Waals surface area contributed by atoms with Crippen LogP contribution < -0.4 is 10.2 Å². The quantitative estimate of drug-likeness (QED) is 0.904. The van der Waals surface area contributed by atoms with Crippen LogP contribution in [0.25, 0.3) is 0 Å².